The van der Waals surface area contributed by atoms with Crippen LogP contribution in [0.1, 0.15) is 15.9 Å². The fourth-order valence-corrected chi connectivity index (χ4v) is 4.05. The summed E-state index contributed by atoms with van der Waals surface area (Å²) in [7, 11) is 0. The summed E-state index contributed by atoms with van der Waals surface area (Å²) in [5.74, 6) is -0.508. The Labute approximate surface area is 193 Å². The Balaban J connectivity index is 1.58. The number of para-hydroxylation sites is 2. The van der Waals surface area contributed by atoms with Crippen LogP contribution in [0.5, 0.6) is 0 Å². The zero-order valence-electron chi connectivity index (χ0n) is 17.4. The van der Waals surface area contributed by atoms with E-state index in [2.05, 4.69) is 5.32 Å². The molecule has 0 aliphatic carbocycles. The highest BCUT2D eigenvalue weighted by Crippen LogP contribution is 2.31. The fourth-order valence-electron chi connectivity index (χ4n) is 3.86. The van der Waals surface area contributed by atoms with E-state index in [1.165, 1.54) is 6.07 Å². The van der Waals surface area contributed by atoms with E-state index in [-0.39, 0.29) is 23.7 Å². The highest BCUT2D eigenvalue weighted by atomic mass is 35.5. The summed E-state index contributed by atoms with van der Waals surface area (Å²) in [6, 6.07) is 21.0. The van der Waals surface area contributed by atoms with Crippen LogP contribution in [0.3, 0.4) is 0 Å². The second-order valence-corrected chi connectivity index (χ2v) is 7.99. The first kappa shape index (κ1) is 20.9. The zero-order chi connectivity index (χ0) is 22.9. The lowest BCUT2D eigenvalue weighted by molar-refractivity contribution is 0.0956. The van der Waals surface area contributed by atoms with Gasteiger partial charge >= 0.3 is 0 Å². The predicted octanol–water partition coefficient (Wildman–Crippen LogP) is 4.92. The summed E-state index contributed by atoms with van der Waals surface area (Å²) in [6.07, 6.45) is 0.347. The molecular formula is C25H19ClFN5O. The number of fused-ring (bicyclic) bond motifs is 2. The molecule has 1 amide bonds. The molecule has 0 atom stereocenters. The molecule has 8 heteroatoms. The second-order valence-electron chi connectivity index (χ2n) is 7.56. The molecule has 0 aliphatic rings. The van der Waals surface area contributed by atoms with Crippen LogP contribution in [-0.4, -0.2) is 27.0 Å². The highest BCUT2D eigenvalue weighted by Gasteiger charge is 2.24. The number of nitrogens with one attached hydrogen (secondary N) is 1. The third-order valence-corrected chi connectivity index (χ3v) is 5.66. The van der Waals surface area contributed by atoms with Crippen molar-refractivity contribution < 1.29 is 9.18 Å². The van der Waals surface area contributed by atoms with Gasteiger partial charge in [0.15, 0.2) is 5.65 Å². The van der Waals surface area contributed by atoms with Gasteiger partial charge in [0.05, 0.1) is 16.7 Å². The zero-order valence-corrected chi connectivity index (χ0v) is 18.2. The molecule has 2 heterocycles. The van der Waals surface area contributed by atoms with Gasteiger partial charge in [0, 0.05) is 11.6 Å². The Morgan fingerprint density at radius 3 is 2.48 bits per heavy atom. The summed E-state index contributed by atoms with van der Waals surface area (Å²) in [6.45, 7) is 0.240. The Kier molecular flexibility index (Phi) is 5.40. The van der Waals surface area contributed by atoms with Crippen molar-refractivity contribution in [3.05, 3.63) is 94.8 Å². The number of hydrogen-bond donors (Lipinski definition) is 2. The largest absolute Gasteiger partial charge is 0.384 e. The molecular weight excluding hydrogens is 441 g/mol. The number of nitrogens with zero attached hydrogens (tertiary/aromatic N) is 3. The van der Waals surface area contributed by atoms with Crippen LogP contribution in [0.2, 0.25) is 5.02 Å². The molecule has 5 aromatic rings. The van der Waals surface area contributed by atoms with Crippen molar-refractivity contribution in [1.29, 1.82) is 0 Å². The molecule has 0 saturated heterocycles. The molecule has 0 unspecified atom stereocenters. The Morgan fingerprint density at radius 2 is 1.73 bits per heavy atom. The number of rotatable bonds is 5. The number of carbonyl (C=O) groups excluding carboxylic acids is 1. The van der Waals surface area contributed by atoms with Gasteiger partial charge in [0.25, 0.3) is 5.91 Å². The lowest BCUT2D eigenvalue weighted by atomic mass is 10.1. The van der Waals surface area contributed by atoms with E-state index in [9.17, 15) is 9.18 Å². The van der Waals surface area contributed by atoms with Crippen molar-refractivity contribution in [1.82, 2.24) is 19.9 Å². The van der Waals surface area contributed by atoms with E-state index < -0.39 is 5.91 Å². The molecule has 164 valence electrons. The summed E-state index contributed by atoms with van der Waals surface area (Å²) >= 11 is 6.20. The topological polar surface area (TPSA) is 85.8 Å². The average molecular weight is 460 g/mol. The van der Waals surface area contributed by atoms with Crippen LogP contribution in [0, 0.1) is 5.82 Å². The molecule has 33 heavy (non-hydrogen) atoms. The number of halogens is 2. The minimum Gasteiger partial charge on any atom is -0.384 e. The van der Waals surface area contributed by atoms with Gasteiger partial charge < -0.3 is 11.1 Å². The monoisotopic (exact) mass is 459 g/mol. The molecule has 3 aromatic carbocycles. The molecule has 0 fully saturated rings. The van der Waals surface area contributed by atoms with E-state index in [0.29, 0.717) is 44.9 Å². The molecule has 0 spiro atoms. The Morgan fingerprint density at radius 1 is 1.00 bits per heavy atom. The number of aromatic nitrogens is 3. The van der Waals surface area contributed by atoms with Crippen molar-refractivity contribution >= 4 is 45.5 Å². The van der Waals surface area contributed by atoms with Gasteiger partial charge in [-0.2, -0.15) is 0 Å². The first-order chi connectivity index (χ1) is 16.0. The van der Waals surface area contributed by atoms with Crippen molar-refractivity contribution in [2.24, 2.45) is 0 Å². The van der Waals surface area contributed by atoms with Gasteiger partial charge in [0.1, 0.15) is 22.7 Å². The lowest BCUT2D eigenvalue weighted by Gasteiger charge is -2.09. The van der Waals surface area contributed by atoms with Gasteiger partial charge in [-0.25, -0.2) is 14.4 Å². The smallest absolute Gasteiger partial charge is 0.257 e. The third-order valence-electron chi connectivity index (χ3n) is 5.43. The number of nitrogens with two attached hydrogens (primary N) is 1. The van der Waals surface area contributed by atoms with E-state index in [1.54, 1.807) is 41.0 Å². The molecule has 2 aromatic heterocycles. The van der Waals surface area contributed by atoms with Gasteiger partial charge in [-0.05, 0) is 48.4 Å². The molecule has 0 aliphatic heterocycles. The first-order valence-corrected chi connectivity index (χ1v) is 10.7. The Bertz CT molecular complexity index is 1510. The van der Waals surface area contributed by atoms with Crippen molar-refractivity contribution in [2.45, 2.75) is 6.42 Å². The van der Waals surface area contributed by atoms with Gasteiger partial charge in [-0.3, -0.25) is 9.36 Å². The normalized spacial score (nSPS) is 11.2. The molecule has 0 saturated carbocycles. The van der Waals surface area contributed by atoms with E-state index in [1.807, 2.05) is 30.3 Å². The van der Waals surface area contributed by atoms with Crippen LogP contribution in [-0.2, 0) is 6.42 Å². The van der Waals surface area contributed by atoms with E-state index in [0.717, 1.165) is 0 Å². The first-order valence-electron chi connectivity index (χ1n) is 10.4. The average Bonchev–Trinajstić information content (AvgIpc) is 3.09. The van der Waals surface area contributed by atoms with Crippen LogP contribution < -0.4 is 11.1 Å². The SMILES string of the molecule is Nc1c(C(=O)NCCc2ccccc2F)c2nc3ccccc3nc2n1-c1cccc(Cl)c1. The fraction of sp³-hybridized carbons (Fsp3) is 0.0800. The Hall–Kier alpha value is -3.97. The van der Waals surface area contributed by atoms with Crippen LogP contribution in [0.4, 0.5) is 10.2 Å². The summed E-state index contributed by atoms with van der Waals surface area (Å²) < 4.78 is 15.6. The lowest BCUT2D eigenvalue weighted by Crippen LogP contribution is -2.26. The van der Waals surface area contributed by atoms with Crippen LogP contribution in [0.15, 0.2) is 72.8 Å². The summed E-state index contributed by atoms with van der Waals surface area (Å²) in [5.41, 5.74) is 10.1. The van der Waals surface area contributed by atoms with Crippen molar-refractivity contribution in [3.63, 3.8) is 0 Å². The number of carbonyl (C=O) groups is 1. The van der Waals surface area contributed by atoms with E-state index >= 15 is 0 Å². The molecule has 3 N–H and O–H groups in total. The summed E-state index contributed by atoms with van der Waals surface area (Å²) in [5, 5.41) is 3.37. The summed E-state index contributed by atoms with van der Waals surface area (Å²) in [4.78, 5) is 22.6. The standard InChI is InChI=1S/C25H19ClFN5O/c26-16-7-5-8-17(14-16)32-23(28)21(22-24(32)31-20-11-4-3-10-19(20)30-22)25(33)29-13-12-15-6-1-2-9-18(15)27/h1-11,14H,12-13,28H2,(H,29,33). The maximum Gasteiger partial charge on any atom is 0.257 e. The molecule has 6 nitrogen and oxygen atoms in total. The number of anilines is 1. The minimum absolute atomic E-state index is 0.200. The van der Waals surface area contributed by atoms with Crippen molar-refractivity contribution in [3.8, 4) is 5.69 Å². The molecule has 0 bridgehead atoms. The maximum absolute atomic E-state index is 13.9. The quantitative estimate of drug-likeness (QED) is 0.390. The van der Waals surface area contributed by atoms with Crippen LogP contribution in [0.25, 0.3) is 27.9 Å². The predicted molar refractivity (Wildman–Crippen MR) is 128 cm³/mol. The van der Waals surface area contributed by atoms with Gasteiger partial charge in [0.2, 0.25) is 0 Å². The van der Waals surface area contributed by atoms with Crippen molar-refractivity contribution in [2.75, 3.05) is 12.3 Å². The maximum atomic E-state index is 13.9. The number of benzene rings is 3. The number of amides is 1. The minimum atomic E-state index is -0.404. The second kappa shape index (κ2) is 8.52. The number of hydrogen-bond acceptors (Lipinski definition) is 4. The number of nitrogen functional groups attached to an aromatic ring is 1. The highest BCUT2D eigenvalue weighted by molar-refractivity contribution is 6.30. The van der Waals surface area contributed by atoms with Crippen LogP contribution >= 0.6 is 11.6 Å². The van der Waals surface area contributed by atoms with Gasteiger partial charge in [-0.15, -0.1) is 0 Å². The molecule has 0 radical (unpaired) electrons. The molecule has 5 rings (SSSR count). The third kappa shape index (κ3) is 3.87. The van der Waals surface area contributed by atoms with Gasteiger partial charge in [-0.1, -0.05) is 48.0 Å². The van der Waals surface area contributed by atoms with E-state index in [4.69, 9.17) is 27.3 Å².